The number of rotatable bonds is 8. The molecule has 0 aliphatic carbocycles. The molecule has 0 spiro atoms. The number of cyclic esters (lactones) is 1. The predicted molar refractivity (Wildman–Crippen MR) is 162 cm³/mol. The summed E-state index contributed by atoms with van der Waals surface area (Å²) >= 11 is 0.978. The summed E-state index contributed by atoms with van der Waals surface area (Å²) in [6.45, 7) is 2.78. The van der Waals surface area contributed by atoms with Gasteiger partial charge in [0.1, 0.15) is 27.6 Å². The van der Waals surface area contributed by atoms with Crippen molar-refractivity contribution >= 4 is 29.2 Å². The van der Waals surface area contributed by atoms with Gasteiger partial charge in [0.25, 0.3) is 0 Å². The average molecular weight is 693 g/mol. The molecule has 2 fully saturated rings. The fourth-order valence-electron chi connectivity index (χ4n) is 5.60. The minimum atomic E-state index is -5.07. The molecule has 1 amide bonds. The van der Waals surface area contributed by atoms with Gasteiger partial charge in [0, 0.05) is 29.8 Å². The number of carboxylic acid groups (broad SMARTS) is 1. The van der Waals surface area contributed by atoms with E-state index in [2.05, 4.69) is 4.98 Å². The van der Waals surface area contributed by atoms with E-state index in [9.17, 15) is 41.0 Å². The number of amides is 1. The van der Waals surface area contributed by atoms with Gasteiger partial charge in [0.05, 0.1) is 42.7 Å². The molecule has 2 aliphatic heterocycles. The van der Waals surface area contributed by atoms with Crippen molar-refractivity contribution in [1.82, 2.24) is 14.9 Å². The Labute approximate surface area is 273 Å². The van der Waals surface area contributed by atoms with E-state index < -0.39 is 53.3 Å². The van der Waals surface area contributed by atoms with E-state index in [1.54, 1.807) is 30.3 Å². The van der Waals surface area contributed by atoms with Crippen LogP contribution in [-0.4, -0.2) is 58.3 Å². The van der Waals surface area contributed by atoms with E-state index in [0.717, 1.165) is 30.8 Å². The van der Waals surface area contributed by atoms with Gasteiger partial charge in [-0.25, -0.2) is 19.6 Å². The third-order valence-electron chi connectivity index (χ3n) is 8.24. The van der Waals surface area contributed by atoms with Crippen molar-refractivity contribution in [2.75, 3.05) is 25.1 Å². The number of carboxylic acids is 1. The second-order valence-corrected chi connectivity index (χ2v) is 12.3. The lowest BCUT2D eigenvalue weighted by atomic mass is 9.97. The summed E-state index contributed by atoms with van der Waals surface area (Å²) < 4.78 is 92.6. The number of carbonyl (C=O) groups excluding carboxylic acids is 1. The lowest BCUT2D eigenvalue weighted by Crippen LogP contribution is -2.38. The maximum absolute atomic E-state index is 13.6. The van der Waals surface area contributed by atoms with Crippen LogP contribution >= 0.6 is 11.3 Å². The molecule has 2 aromatic carbocycles. The number of aromatic nitrogens is 2. The summed E-state index contributed by atoms with van der Waals surface area (Å²) in [6.07, 6.45) is -10.3. The number of alkyl halides is 6. The Morgan fingerprint density at radius 1 is 1.02 bits per heavy atom. The quantitative estimate of drug-likeness (QED) is 0.186. The molecule has 252 valence electrons. The van der Waals surface area contributed by atoms with Crippen molar-refractivity contribution in [2.45, 2.75) is 44.4 Å². The molecular weight excluding hydrogens is 666 g/mol. The van der Waals surface area contributed by atoms with Gasteiger partial charge in [-0.15, -0.1) is 11.3 Å². The monoisotopic (exact) mass is 692 g/mol. The Balaban J connectivity index is 1.39. The fourth-order valence-corrected chi connectivity index (χ4v) is 6.35. The highest BCUT2D eigenvalue weighted by atomic mass is 32.1. The van der Waals surface area contributed by atoms with Crippen LogP contribution in [0.5, 0.6) is 5.75 Å². The molecule has 0 unspecified atom stereocenters. The van der Waals surface area contributed by atoms with Crippen LogP contribution < -0.4 is 9.64 Å². The highest BCUT2D eigenvalue weighted by molar-refractivity contribution is 7.16. The lowest BCUT2D eigenvalue weighted by molar-refractivity contribution is -0.143. The molecule has 0 bridgehead atoms. The van der Waals surface area contributed by atoms with E-state index >= 15 is 0 Å². The van der Waals surface area contributed by atoms with Crippen LogP contribution in [0.4, 0.5) is 37.0 Å². The minimum Gasteiger partial charge on any atom is -0.496 e. The minimum absolute atomic E-state index is 0.0237. The summed E-state index contributed by atoms with van der Waals surface area (Å²) in [7, 11) is 1.46. The van der Waals surface area contributed by atoms with Crippen LogP contribution in [-0.2, 0) is 23.6 Å². The number of carbonyl (C=O) groups is 2. The predicted octanol–water partition coefficient (Wildman–Crippen LogP) is 7.91. The second kappa shape index (κ2) is 12.3. The number of nitrogens with zero attached hydrogens (tertiary/aromatic N) is 4. The summed E-state index contributed by atoms with van der Waals surface area (Å²) in [5.74, 6) is -0.0806. The van der Waals surface area contributed by atoms with E-state index in [-0.39, 0.29) is 17.5 Å². The number of benzene rings is 2. The van der Waals surface area contributed by atoms with Crippen LogP contribution in [0.1, 0.15) is 51.5 Å². The van der Waals surface area contributed by atoms with Gasteiger partial charge >= 0.3 is 24.4 Å². The molecule has 2 aromatic heterocycles. The number of hydrogen-bond acceptors (Lipinski definition) is 8. The molecule has 16 heteroatoms. The van der Waals surface area contributed by atoms with Crippen molar-refractivity contribution in [2.24, 2.45) is 0 Å². The van der Waals surface area contributed by atoms with Crippen molar-refractivity contribution in [3.8, 4) is 27.4 Å². The zero-order valence-corrected chi connectivity index (χ0v) is 26.0. The van der Waals surface area contributed by atoms with Crippen LogP contribution in [0.2, 0.25) is 0 Å². The van der Waals surface area contributed by atoms with E-state index in [1.807, 2.05) is 4.90 Å². The van der Waals surface area contributed by atoms with E-state index in [0.29, 0.717) is 51.1 Å². The number of aromatic carboxylic acids is 1. The Morgan fingerprint density at radius 3 is 2.27 bits per heavy atom. The summed E-state index contributed by atoms with van der Waals surface area (Å²) in [5.41, 5.74) is -1.46. The summed E-state index contributed by atoms with van der Waals surface area (Å²) in [4.78, 5) is 37.0. The van der Waals surface area contributed by atoms with Crippen molar-refractivity contribution in [3.63, 3.8) is 0 Å². The SMILES string of the molecule is COc1ccc(-c2ncc(C(=O)O)s2)cc1-c1ccc(N2CCC2)nc1CN1C(=O)O[C@H](c2cc(C(F)(F)F)cc(C(F)(F)F)c2)[C@@H]1C. The van der Waals surface area contributed by atoms with Gasteiger partial charge in [-0.1, -0.05) is 0 Å². The molecule has 6 rings (SSSR count). The molecule has 4 heterocycles. The van der Waals surface area contributed by atoms with Crippen LogP contribution in [0.25, 0.3) is 21.7 Å². The van der Waals surface area contributed by atoms with Crippen molar-refractivity contribution < 1.29 is 50.5 Å². The molecule has 2 saturated heterocycles. The number of halogens is 6. The number of pyridine rings is 1. The zero-order valence-electron chi connectivity index (χ0n) is 25.2. The molecule has 9 nitrogen and oxygen atoms in total. The van der Waals surface area contributed by atoms with Gasteiger partial charge < -0.3 is 19.5 Å². The van der Waals surface area contributed by atoms with Crippen molar-refractivity contribution in [3.05, 3.63) is 82.0 Å². The molecule has 4 aromatic rings. The normalized spacial score (nSPS) is 18.1. The van der Waals surface area contributed by atoms with E-state index in [4.69, 9.17) is 14.5 Å². The average Bonchev–Trinajstić information content (AvgIpc) is 3.61. The third kappa shape index (κ3) is 6.35. The highest BCUT2D eigenvalue weighted by Crippen LogP contribution is 2.43. The first-order valence-corrected chi connectivity index (χ1v) is 15.3. The highest BCUT2D eigenvalue weighted by Gasteiger charge is 2.43. The smallest absolute Gasteiger partial charge is 0.416 e. The van der Waals surface area contributed by atoms with Gasteiger partial charge in [-0.2, -0.15) is 26.3 Å². The number of ether oxygens (including phenoxy) is 2. The first kappa shape index (κ1) is 33.1. The van der Waals surface area contributed by atoms with Gasteiger partial charge in [-0.05, 0) is 67.4 Å². The first-order valence-electron chi connectivity index (χ1n) is 14.5. The lowest BCUT2D eigenvalue weighted by Gasteiger charge is -2.33. The molecule has 1 N–H and O–H groups in total. The molecule has 0 radical (unpaired) electrons. The fraction of sp³-hybridized carbons (Fsp3) is 0.312. The Bertz CT molecular complexity index is 1860. The zero-order chi connectivity index (χ0) is 34.5. The van der Waals surface area contributed by atoms with Crippen LogP contribution in [0, 0.1) is 0 Å². The summed E-state index contributed by atoms with van der Waals surface area (Å²) in [5, 5.41) is 9.79. The number of anilines is 1. The Hall–Kier alpha value is -4.86. The number of thiazole rings is 1. The Kier molecular flexibility index (Phi) is 8.47. The molecular formula is C32H26F6N4O5S. The van der Waals surface area contributed by atoms with Gasteiger partial charge in [0.15, 0.2) is 0 Å². The topological polar surface area (TPSA) is 105 Å². The summed E-state index contributed by atoms with van der Waals surface area (Å²) in [6, 6.07) is 8.87. The Morgan fingerprint density at radius 2 is 1.71 bits per heavy atom. The third-order valence-corrected chi connectivity index (χ3v) is 9.28. The molecule has 48 heavy (non-hydrogen) atoms. The van der Waals surface area contributed by atoms with Crippen LogP contribution in [0.15, 0.2) is 54.7 Å². The maximum atomic E-state index is 13.6. The van der Waals surface area contributed by atoms with Crippen molar-refractivity contribution in [1.29, 1.82) is 0 Å². The largest absolute Gasteiger partial charge is 0.496 e. The van der Waals surface area contributed by atoms with Gasteiger partial charge in [0.2, 0.25) is 0 Å². The number of methoxy groups -OCH3 is 1. The number of hydrogen-bond donors (Lipinski definition) is 1. The standard InChI is InChI=1S/C32H26F6N4O5S/c1-16-27(18-10-19(31(33,34)35)13-20(11-18)32(36,37)38)47-30(45)42(16)15-23-21(5-7-26(40-23)41-8-3-9-41)22-12-17(4-6-24(22)46-2)28-39-14-25(48-28)29(43)44/h4-7,10-14,16,27H,3,8-9,15H2,1-2H3,(H,43,44)/t16-,27-/m0/s1. The maximum Gasteiger partial charge on any atom is 0.416 e. The van der Waals surface area contributed by atoms with E-state index in [1.165, 1.54) is 25.1 Å². The van der Waals surface area contributed by atoms with Crippen LogP contribution in [0.3, 0.4) is 0 Å². The molecule has 0 saturated carbocycles. The molecule has 2 atom stereocenters. The first-order chi connectivity index (χ1) is 22.6. The van der Waals surface area contributed by atoms with Gasteiger partial charge in [-0.3, -0.25) is 4.90 Å². The second-order valence-electron chi connectivity index (χ2n) is 11.3. The molecule has 2 aliphatic rings.